The maximum absolute atomic E-state index is 11.4. The molecular weight excluding hydrogens is 176 g/mol. The lowest BCUT2D eigenvalue weighted by molar-refractivity contribution is -0.116. The molecular formula is C12H10O2. The van der Waals surface area contributed by atoms with Crippen molar-refractivity contribution in [2.75, 3.05) is 0 Å². The summed E-state index contributed by atoms with van der Waals surface area (Å²) in [6, 6.07) is 6.65. The van der Waals surface area contributed by atoms with Gasteiger partial charge >= 0.3 is 0 Å². The molecule has 0 radical (unpaired) electrons. The number of carbonyl (C=O) groups excluding carboxylic acids is 2. The molecule has 0 saturated heterocycles. The van der Waals surface area contributed by atoms with Crippen LogP contribution in [0.25, 0.3) is 0 Å². The molecule has 2 nitrogen and oxygen atoms in total. The van der Waals surface area contributed by atoms with Gasteiger partial charge in [0.1, 0.15) is 5.78 Å². The summed E-state index contributed by atoms with van der Waals surface area (Å²) in [4.78, 5) is 22.1. The van der Waals surface area contributed by atoms with Crippen molar-refractivity contribution in [2.45, 2.75) is 13.3 Å². The minimum Gasteiger partial charge on any atom is -0.300 e. The summed E-state index contributed by atoms with van der Waals surface area (Å²) in [7, 11) is 0. The zero-order valence-electron chi connectivity index (χ0n) is 7.91. The van der Waals surface area contributed by atoms with Crippen LogP contribution in [0.1, 0.15) is 29.3 Å². The van der Waals surface area contributed by atoms with Crippen LogP contribution < -0.4 is 0 Å². The molecule has 1 aromatic carbocycles. The number of terminal acetylenes is 1. The first-order valence-electron chi connectivity index (χ1n) is 4.23. The van der Waals surface area contributed by atoms with Gasteiger partial charge in [-0.3, -0.25) is 9.59 Å². The SMILES string of the molecule is C#Cc1ccc(C(=O)CC(C)=O)cc1. The Morgan fingerprint density at radius 2 is 1.86 bits per heavy atom. The van der Waals surface area contributed by atoms with Gasteiger partial charge in [-0.2, -0.15) is 0 Å². The highest BCUT2D eigenvalue weighted by Crippen LogP contribution is 2.06. The second-order valence-electron chi connectivity index (χ2n) is 3.02. The summed E-state index contributed by atoms with van der Waals surface area (Å²) in [5.41, 5.74) is 1.25. The van der Waals surface area contributed by atoms with E-state index in [4.69, 9.17) is 6.42 Å². The van der Waals surface area contributed by atoms with Crippen molar-refractivity contribution >= 4 is 11.6 Å². The summed E-state index contributed by atoms with van der Waals surface area (Å²) >= 11 is 0. The van der Waals surface area contributed by atoms with Gasteiger partial charge in [0.2, 0.25) is 0 Å². The van der Waals surface area contributed by atoms with Gasteiger partial charge < -0.3 is 0 Å². The van der Waals surface area contributed by atoms with Crippen LogP contribution in [-0.2, 0) is 4.79 Å². The lowest BCUT2D eigenvalue weighted by atomic mass is 10.1. The summed E-state index contributed by atoms with van der Waals surface area (Å²) in [6.07, 6.45) is 5.12. The second kappa shape index (κ2) is 4.38. The third-order valence-corrected chi connectivity index (χ3v) is 1.78. The molecule has 0 spiro atoms. The monoisotopic (exact) mass is 186 g/mol. The maximum atomic E-state index is 11.4. The van der Waals surface area contributed by atoms with E-state index in [1.165, 1.54) is 6.92 Å². The zero-order valence-corrected chi connectivity index (χ0v) is 7.91. The minimum absolute atomic E-state index is 0.0462. The highest BCUT2D eigenvalue weighted by atomic mass is 16.1. The molecule has 0 saturated carbocycles. The minimum atomic E-state index is -0.166. The number of hydrogen-bond donors (Lipinski definition) is 0. The van der Waals surface area contributed by atoms with E-state index in [2.05, 4.69) is 5.92 Å². The smallest absolute Gasteiger partial charge is 0.170 e. The Kier molecular flexibility index (Phi) is 3.19. The number of benzene rings is 1. The van der Waals surface area contributed by atoms with Gasteiger partial charge in [-0.1, -0.05) is 18.1 Å². The highest BCUT2D eigenvalue weighted by Gasteiger charge is 2.07. The van der Waals surface area contributed by atoms with Crippen LogP contribution in [0.4, 0.5) is 0 Å². The molecule has 0 heterocycles. The van der Waals surface area contributed by atoms with Gasteiger partial charge in [-0.15, -0.1) is 6.42 Å². The number of rotatable bonds is 3. The fourth-order valence-electron chi connectivity index (χ4n) is 1.08. The van der Waals surface area contributed by atoms with Crippen LogP contribution in [0, 0.1) is 12.3 Å². The molecule has 0 aliphatic carbocycles. The fraction of sp³-hybridized carbons (Fsp3) is 0.167. The molecule has 70 valence electrons. The van der Waals surface area contributed by atoms with Crippen molar-refractivity contribution in [3.8, 4) is 12.3 Å². The maximum Gasteiger partial charge on any atom is 0.170 e. The molecule has 0 atom stereocenters. The van der Waals surface area contributed by atoms with Gasteiger partial charge in [-0.25, -0.2) is 0 Å². The number of Topliss-reactive ketones (excluding diaryl/α,β-unsaturated/α-hetero) is 2. The van der Waals surface area contributed by atoms with Crippen molar-refractivity contribution < 1.29 is 9.59 Å². The van der Waals surface area contributed by atoms with E-state index >= 15 is 0 Å². The standard InChI is InChI=1S/C12H10O2/c1-3-10-4-6-11(7-5-10)12(14)8-9(2)13/h1,4-7H,8H2,2H3. The van der Waals surface area contributed by atoms with E-state index in [0.29, 0.717) is 5.56 Å². The van der Waals surface area contributed by atoms with Crippen LogP contribution in [-0.4, -0.2) is 11.6 Å². The summed E-state index contributed by atoms with van der Waals surface area (Å²) in [6.45, 7) is 1.40. The topological polar surface area (TPSA) is 34.1 Å². The summed E-state index contributed by atoms with van der Waals surface area (Å²) in [5, 5.41) is 0. The largest absolute Gasteiger partial charge is 0.300 e. The first-order valence-corrected chi connectivity index (χ1v) is 4.23. The normalized spacial score (nSPS) is 9.14. The zero-order chi connectivity index (χ0) is 10.6. The van der Waals surface area contributed by atoms with Gasteiger partial charge in [0.25, 0.3) is 0 Å². The molecule has 1 rings (SSSR count). The van der Waals surface area contributed by atoms with Crippen molar-refractivity contribution in [1.29, 1.82) is 0 Å². The van der Waals surface area contributed by atoms with Gasteiger partial charge in [-0.05, 0) is 19.1 Å². The quantitative estimate of drug-likeness (QED) is 0.410. The molecule has 0 unspecified atom stereocenters. The Labute approximate surface area is 82.9 Å². The molecule has 0 aliphatic rings. The Balaban J connectivity index is 2.83. The predicted octanol–water partition coefficient (Wildman–Crippen LogP) is 1.83. The average molecular weight is 186 g/mol. The molecule has 0 N–H and O–H groups in total. The lowest BCUT2D eigenvalue weighted by Crippen LogP contribution is -2.04. The van der Waals surface area contributed by atoms with Crippen molar-refractivity contribution in [2.24, 2.45) is 0 Å². The van der Waals surface area contributed by atoms with Crippen LogP contribution >= 0.6 is 0 Å². The molecule has 0 aliphatic heterocycles. The van der Waals surface area contributed by atoms with Gasteiger partial charge in [0.15, 0.2) is 5.78 Å². The third kappa shape index (κ3) is 2.56. The van der Waals surface area contributed by atoms with Crippen molar-refractivity contribution in [1.82, 2.24) is 0 Å². The van der Waals surface area contributed by atoms with Crippen molar-refractivity contribution in [3.63, 3.8) is 0 Å². The van der Waals surface area contributed by atoms with E-state index in [0.717, 1.165) is 5.56 Å². The predicted molar refractivity (Wildman–Crippen MR) is 54.0 cm³/mol. The van der Waals surface area contributed by atoms with Crippen LogP contribution in [0.2, 0.25) is 0 Å². The van der Waals surface area contributed by atoms with Crippen molar-refractivity contribution in [3.05, 3.63) is 35.4 Å². The van der Waals surface area contributed by atoms with Crippen LogP contribution in [0.15, 0.2) is 24.3 Å². The first kappa shape index (κ1) is 10.2. The van der Waals surface area contributed by atoms with E-state index in [-0.39, 0.29) is 18.0 Å². The number of ketones is 2. The summed E-state index contributed by atoms with van der Waals surface area (Å²) < 4.78 is 0. The van der Waals surface area contributed by atoms with Crippen LogP contribution in [0.3, 0.4) is 0 Å². The third-order valence-electron chi connectivity index (χ3n) is 1.78. The second-order valence-corrected chi connectivity index (χ2v) is 3.02. The highest BCUT2D eigenvalue weighted by molar-refractivity contribution is 6.07. The summed E-state index contributed by atoms with van der Waals surface area (Å²) in [5.74, 6) is 2.16. The molecule has 0 bridgehead atoms. The molecule has 0 aromatic heterocycles. The van der Waals surface area contributed by atoms with E-state index in [9.17, 15) is 9.59 Å². The Hall–Kier alpha value is -1.88. The molecule has 2 heteroatoms. The average Bonchev–Trinajstić information content (AvgIpc) is 2.17. The first-order chi connectivity index (χ1) is 6.63. The lowest BCUT2D eigenvalue weighted by Gasteiger charge is -1.98. The van der Waals surface area contributed by atoms with E-state index in [1.807, 2.05) is 0 Å². The van der Waals surface area contributed by atoms with E-state index < -0.39 is 0 Å². The molecule has 1 aromatic rings. The Morgan fingerprint density at radius 3 is 2.29 bits per heavy atom. The van der Waals surface area contributed by atoms with Crippen LogP contribution in [0.5, 0.6) is 0 Å². The Morgan fingerprint density at radius 1 is 1.29 bits per heavy atom. The van der Waals surface area contributed by atoms with Gasteiger partial charge in [0, 0.05) is 11.1 Å². The molecule has 0 amide bonds. The number of hydrogen-bond acceptors (Lipinski definition) is 2. The fourth-order valence-corrected chi connectivity index (χ4v) is 1.08. The van der Waals surface area contributed by atoms with E-state index in [1.54, 1.807) is 24.3 Å². The number of carbonyl (C=O) groups is 2. The molecule has 14 heavy (non-hydrogen) atoms. The molecule has 0 fully saturated rings. The van der Waals surface area contributed by atoms with Gasteiger partial charge in [0.05, 0.1) is 6.42 Å². The Bertz CT molecular complexity index is 393.